The lowest BCUT2D eigenvalue weighted by Gasteiger charge is -2.28. The Kier molecular flexibility index (Phi) is 6.53. The van der Waals surface area contributed by atoms with E-state index in [0.717, 1.165) is 54.3 Å². The van der Waals surface area contributed by atoms with E-state index in [0.29, 0.717) is 19.2 Å². The summed E-state index contributed by atoms with van der Waals surface area (Å²) in [6.45, 7) is 6.90. The van der Waals surface area contributed by atoms with Crippen molar-refractivity contribution in [2.75, 3.05) is 44.8 Å². The fraction of sp³-hybridized carbons (Fsp3) is 0.421. The van der Waals surface area contributed by atoms with E-state index in [9.17, 15) is 0 Å². The van der Waals surface area contributed by atoms with Crippen molar-refractivity contribution in [1.82, 2.24) is 25.1 Å². The first-order valence-electron chi connectivity index (χ1n) is 9.23. The van der Waals surface area contributed by atoms with Gasteiger partial charge in [-0.15, -0.1) is 12.4 Å². The van der Waals surface area contributed by atoms with E-state index in [1.807, 2.05) is 36.0 Å². The van der Waals surface area contributed by atoms with Crippen molar-refractivity contribution in [3.8, 4) is 11.8 Å². The van der Waals surface area contributed by atoms with E-state index in [2.05, 4.69) is 31.3 Å². The van der Waals surface area contributed by atoms with Gasteiger partial charge in [-0.05, 0) is 24.6 Å². The molecular weight excluding hydrogens is 380 g/mol. The van der Waals surface area contributed by atoms with E-state index in [1.54, 1.807) is 7.11 Å². The minimum atomic E-state index is 0. The first kappa shape index (κ1) is 20.2. The van der Waals surface area contributed by atoms with Crippen molar-refractivity contribution < 1.29 is 9.47 Å². The number of benzene rings is 1. The number of ether oxygens (including phenoxy) is 2. The first-order chi connectivity index (χ1) is 13.3. The van der Waals surface area contributed by atoms with Gasteiger partial charge in [-0.25, -0.2) is 4.68 Å². The summed E-state index contributed by atoms with van der Waals surface area (Å²) in [5.41, 5.74) is 1.88. The lowest BCUT2D eigenvalue weighted by molar-refractivity contribution is 0.340. The van der Waals surface area contributed by atoms with E-state index >= 15 is 0 Å². The Morgan fingerprint density at radius 3 is 2.75 bits per heavy atom. The third-order valence-electron chi connectivity index (χ3n) is 4.60. The number of halogens is 1. The van der Waals surface area contributed by atoms with Crippen LogP contribution in [0.15, 0.2) is 30.5 Å². The first-order valence-corrected chi connectivity index (χ1v) is 9.23. The number of nitrogens with one attached hydrogen (secondary N) is 1. The Labute approximate surface area is 170 Å². The maximum Gasteiger partial charge on any atom is 0.320 e. The van der Waals surface area contributed by atoms with Gasteiger partial charge in [0.2, 0.25) is 0 Å². The van der Waals surface area contributed by atoms with Crippen LogP contribution in [-0.4, -0.2) is 59.6 Å². The molecule has 0 bridgehead atoms. The Morgan fingerprint density at radius 2 is 2.00 bits per heavy atom. The average Bonchev–Trinajstić information content (AvgIpc) is 3.11. The number of anilines is 1. The van der Waals surface area contributed by atoms with Crippen LogP contribution in [0.4, 0.5) is 5.82 Å². The molecular formula is C19H25ClN6O2. The molecule has 150 valence electrons. The van der Waals surface area contributed by atoms with Crippen LogP contribution in [-0.2, 0) is 6.54 Å². The van der Waals surface area contributed by atoms with E-state index in [-0.39, 0.29) is 12.4 Å². The minimum Gasteiger partial charge on any atom is -0.494 e. The van der Waals surface area contributed by atoms with Crippen LogP contribution in [0.3, 0.4) is 0 Å². The summed E-state index contributed by atoms with van der Waals surface area (Å²) in [4.78, 5) is 11.4. The standard InChI is InChI=1S/C19H24N6O2.ClH/c1-3-27-15-6-4-5-14(11-15)13-25-18-16(12-21-25)17(22-19(23-18)26-2)24-9-7-20-8-10-24;/h4-6,11-12,20H,3,7-10,13H2,1-2H3;1H. The molecule has 3 heterocycles. The van der Waals surface area contributed by atoms with Crippen molar-refractivity contribution in [3.05, 3.63) is 36.0 Å². The molecule has 1 fully saturated rings. The molecule has 2 aromatic heterocycles. The average molecular weight is 405 g/mol. The quantitative estimate of drug-likeness (QED) is 0.674. The van der Waals surface area contributed by atoms with Crippen LogP contribution >= 0.6 is 12.4 Å². The lowest BCUT2D eigenvalue weighted by atomic mass is 10.2. The van der Waals surface area contributed by atoms with Crippen LogP contribution in [0.1, 0.15) is 12.5 Å². The summed E-state index contributed by atoms with van der Waals surface area (Å²) in [5, 5.41) is 8.88. The fourth-order valence-corrected chi connectivity index (χ4v) is 3.32. The summed E-state index contributed by atoms with van der Waals surface area (Å²) in [5.74, 6) is 1.74. The molecule has 4 rings (SSSR count). The molecule has 9 heteroatoms. The predicted octanol–water partition coefficient (Wildman–Crippen LogP) is 2.11. The molecule has 0 atom stereocenters. The van der Waals surface area contributed by atoms with Crippen molar-refractivity contribution in [3.63, 3.8) is 0 Å². The second-order valence-corrected chi connectivity index (χ2v) is 6.39. The smallest absolute Gasteiger partial charge is 0.320 e. The van der Waals surface area contributed by atoms with Gasteiger partial charge in [-0.3, -0.25) is 0 Å². The van der Waals surface area contributed by atoms with Crippen molar-refractivity contribution in [1.29, 1.82) is 0 Å². The second-order valence-electron chi connectivity index (χ2n) is 6.39. The molecule has 28 heavy (non-hydrogen) atoms. The van der Waals surface area contributed by atoms with Crippen LogP contribution < -0.4 is 19.7 Å². The molecule has 0 aliphatic carbocycles. The zero-order valence-corrected chi connectivity index (χ0v) is 16.9. The largest absolute Gasteiger partial charge is 0.494 e. The highest BCUT2D eigenvalue weighted by Gasteiger charge is 2.20. The number of fused-ring (bicyclic) bond motifs is 1. The number of hydrogen-bond donors (Lipinski definition) is 1. The molecule has 1 aromatic carbocycles. The van der Waals surface area contributed by atoms with Gasteiger partial charge >= 0.3 is 6.01 Å². The Balaban J connectivity index is 0.00000225. The molecule has 0 amide bonds. The molecule has 0 saturated carbocycles. The van der Waals surface area contributed by atoms with Crippen LogP contribution in [0, 0.1) is 0 Å². The molecule has 8 nitrogen and oxygen atoms in total. The zero-order valence-electron chi connectivity index (χ0n) is 16.1. The van der Waals surface area contributed by atoms with Crippen LogP contribution in [0.5, 0.6) is 11.8 Å². The molecule has 1 aliphatic heterocycles. The second kappa shape index (κ2) is 9.07. The van der Waals surface area contributed by atoms with Gasteiger partial charge in [0.15, 0.2) is 5.65 Å². The minimum absolute atomic E-state index is 0. The number of hydrogen-bond acceptors (Lipinski definition) is 7. The third-order valence-corrected chi connectivity index (χ3v) is 4.60. The SMILES string of the molecule is CCOc1cccc(Cn2ncc3c(N4CCNCC4)nc(OC)nc32)c1.Cl. The van der Waals surface area contributed by atoms with Gasteiger partial charge in [0, 0.05) is 26.2 Å². The molecule has 1 saturated heterocycles. The van der Waals surface area contributed by atoms with E-state index in [4.69, 9.17) is 9.47 Å². The van der Waals surface area contributed by atoms with Crippen LogP contribution in [0.2, 0.25) is 0 Å². The topological polar surface area (TPSA) is 77.3 Å². The molecule has 0 spiro atoms. The highest BCUT2D eigenvalue weighted by Crippen LogP contribution is 2.27. The number of rotatable bonds is 6. The highest BCUT2D eigenvalue weighted by molar-refractivity contribution is 5.87. The fourth-order valence-electron chi connectivity index (χ4n) is 3.32. The third kappa shape index (κ3) is 4.13. The predicted molar refractivity (Wildman–Crippen MR) is 111 cm³/mol. The summed E-state index contributed by atoms with van der Waals surface area (Å²) >= 11 is 0. The summed E-state index contributed by atoms with van der Waals surface area (Å²) in [7, 11) is 1.59. The Hall–Kier alpha value is -2.58. The molecule has 1 aliphatic rings. The van der Waals surface area contributed by atoms with Gasteiger partial charge in [-0.1, -0.05) is 12.1 Å². The van der Waals surface area contributed by atoms with Gasteiger partial charge in [-0.2, -0.15) is 15.1 Å². The van der Waals surface area contributed by atoms with Gasteiger partial charge in [0.05, 0.1) is 31.8 Å². The number of piperazine rings is 1. The number of nitrogens with zero attached hydrogens (tertiary/aromatic N) is 5. The normalized spacial score (nSPS) is 14.0. The van der Waals surface area contributed by atoms with E-state index < -0.39 is 0 Å². The van der Waals surface area contributed by atoms with Gasteiger partial charge < -0.3 is 19.7 Å². The summed E-state index contributed by atoms with van der Waals surface area (Å²) < 4.78 is 12.8. The summed E-state index contributed by atoms with van der Waals surface area (Å²) in [6, 6.07) is 8.41. The number of methoxy groups -OCH3 is 1. The van der Waals surface area contributed by atoms with E-state index in [1.165, 1.54) is 0 Å². The maximum absolute atomic E-state index is 5.60. The van der Waals surface area contributed by atoms with Gasteiger partial charge in [0.25, 0.3) is 0 Å². The molecule has 0 unspecified atom stereocenters. The highest BCUT2D eigenvalue weighted by atomic mass is 35.5. The van der Waals surface area contributed by atoms with Crippen molar-refractivity contribution >= 4 is 29.3 Å². The molecule has 0 radical (unpaired) electrons. The molecule has 3 aromatic rings. The zero-order chi connectivity index (χ0) is 18.6. The Morgan fingerprint density at radius 1 is 1.18 bits per heavy atom. The van der Waals surface area contributed by atoms with Gasteiger partial charge in [0.1, 0.15) is 11.6 Å². The number of aromatic nitrogens is 4. The molecule has 1 N–H and O–H groups in total. The maximum atomic E-state index is 5.60. The Bertz CT molecular complexity index is 926. The van der Waals surface area contributed by atoms with Crippen molar-refractivity contribution in [2.45, 2.75) is 13.5 Å². The van der Waals surface area contributed by atoms with Crippen LogP contribution in [0.25, 0.3) is 11.0 Å². The summed E-state index contributed by atoms with van der Waals surface area (Å²) in [6.07, 6.45) is 1.85. The van der Waals surface area contributed by atoms with Crippen molar-refractivity contribution in [2.24, 2.45) is 0 Å². The monoisotopic (exact) mass is 404 g/mol. The lowest BCUT2D eigenvalue weighted by Crippen LogP contribution is -2.44.